The summed E-state index contributed by atoms with van der Waals surface area (Å²) in [6.07, 6.45) is 6.84. The average molecular weight is 265 g/mol. The van der Waals surface area contributed by atoms with Crippen LogP contribution in [0, 0.1) is 0 Å². The molecule has 1 aromatic rings. The average Bonchev–Trinajstić information content (AvgIpc) is 2.67. The van der Waals surface area contributed by atoms with Gasteiger partial charge in [0, 0.05) is 19.3 Å². The highest BCUT2D eigenvalue weighted by Crippen LogP contribution is 2.19. The van der Waals surface area contributed by atoms with Gasteiger partial charge in [-0.2, -0.15) is 5.10 Å². The molecular weight excluding hydrogens is 242 g/mol. The summed E-state index contributed by atoms with van der Waals surface area (Å²) < 4.78 is 1.99. The summed E-state index contributed by atoms with van der Waals surface area (Å²) in [5.74, 6) is -0.691. The first-order chi connectivity index (χ1) is 9.22. The van der Waals surface area contributed by atoms with Crippen molar-refractivity contribution >= 4 is 5.97 Å². The molecule has 1 fully saturated rings. The summed E-state index contributed by atoms with van der Waals surface area (Å²) in [5, 5.41) is 13.7. The van der Waals surface area contributed by atoms with Crippen molar-refractivity contribution in [2.24, 2.45) is 0 Å². The van der Waals surface area contributed by atoms with Crippen LogP contribution in [-0.4, -0.2) is 38.3 Å². The van der Waals surface area contributed by atoms with E-state index >= 15 is 0 Å². The van der Waals surface area contributed by atoms with Gasteiger partial charge in [-0.15, -0.1) is 0 Å². The van der Waals surface area contributed by atoms with E-state index in [1.54, 1.807) is 6.20 Å². The zero-order valence-corrected chi connectivity index (χ0v) is 11.6. The standard InChI is InChI=1S/C14H23N3O2/c1-2-9-17-12(7-8-15-17)11-16-10-5-3-4-6-13(16)14(18)19/h7-8,13H,2-6,9-11H2,1H3,(H,18,19). The molecule has 0 amide bonds. The number of carboxylic acids is 1. The smallest absolute Gasteiger partial charge is 0.320 e. The van der Waals surface area contributed by atoms with Crippen LogP contribution in [0.25, 0.3) is 0 Å². The lowest BCUT2D eigenvalue weighted by atomic mass is 10.1. The summed E-state index contributed by atoms with van der Waals surface area (Å²) in [6, 6.07) is 1.66. The van der Waals surface area contributed by atoms with E-state index in [2.05, 4.69) is 16.9 Å². The minimum Gasteiger partial charge on any atom is -0.480 e. The monoisotopic (exact) mass is 265 g/mol. The molecule has 1 atom stereocenters. The molecule has 0 saturated carbocycles. The predicted molar refractivity (Wildman–Crippen MR) is 72.8 cm³/mol. The van der Waals surface area contributed by atoms with E-state index in [0.29, 0.717) is 6.54 Å². The fraction of sp³-hybridized carbons (Fsp3) is 0.714. The summed E-state index contributed by atoms with van der Waals surface area (Å²) in [7, 11) is 0. The summed E-state index contributed by atoms with van der Waals surface area (Å²) in [5.41, 5.74) is 1.12. The van der Waals surface area contributed by atoms with Gasteiger partial charge in [0.1, 0.15) is 6.04 Å². The Morgan fingerprint density at radius 2 is 2.32 bits per heavy atom. The van der Waals surface area contributed by atoms with Crippen molar-refractivity contribution in [2.45, 2.75) is 58.2 Å². The minimum atomic E-state index is -0.691. The number of carboxylic acid groups (broad SMARTS) is 1. The van der Waals surface area contributed by atoms with Crippen molar-refractivity contribution in [3.63, 3.8) is 0 Å². The number of rotatable bonds is 5. The number of carbonyl (C=O) groups is 1. The molecule has 5 nitrogen and oxygen atoms in total. The van der Waals surface area contributed by atoms with Crippen LogP contribution in [0.5, 0.6) is 0 Å². The lowest BCUT2D eigenvalue weighted by Gasteiger charge is -2.26. The summed E-state index contributed by atoms with van der Waals surface area (Å²) in [4.78, 5) is 13.5. The zero-order chi connectivity index (χ0) is 13.7. The first-order valence-corrected chi connectivity index (χ1v) is 7.20. The number of hydrogen-bond acceptors (Lipinski definition) is 3. The number of aliphatic carboxylic acids is 1. The normalized spacial score (nSPS) is 21.2. The van der Waals surface area contributed by atoms with Crippen LogP contribution in [-0.2, 0) is 17.9 Å². The number of aromatic nitrogens is 2. The second-order valence-electron chi connectivity index (χ2n) is 5.22. The van der Waals surface area contributed by atoms with Gasteiger partial charge in [-0.3, -0.25) is 14.4 Å². The fourth-order valence-electron chi connectivity index (χ4n) is 2.75. The van der Waals surface area contributed by atoms with Crippen LogP contribution in [0.2, 0.25) is 0 Å². The van der Waals surface area contributed by atoms with Crippen LogP contribution >= 0.6 is 0 Å². The Bertz CT molecular complexity index is 417. The third-order valence-corrected chi connectivity index (χ3v) is 3.75. The highest BCUT2D eigenvalue weighted by Gasteiger charge is 2.27. The van der Waals surface area contributed by atoms with Crippen molar-refractivity contribution in [3.8, 4) is 0 Å². The summed E-state index contributed by atoms with van der Waals surface area (Å²) >= 11 is 0. The van der Waals surface area contributed by atoms with E-state index in [1.165, 1.54) is 0 Å². The molecule has 5 heteroatoms. The maximum absolute atomic E-state index is 11.4. The molecule has 0 spiro atoms. The molecule has 106 valence electrons. The molecule has 0 aromatic carbocycles. The molecular formula is C14H23N3O2. The summed E-state index contributed by atoms with van der Waals surface area (Å²) in [6.45, 7) is 4.58. The van der Waals surface area contributed by atoms with Gasteiger partial charge in [-0.25, -0.2) is 0 Å². The van der Waals surface area contributed by atoms with E-state index in [4.69, 9.17) is 0 Å². The van der Waals surface area contributed by atoms with Gasteiger partial charge in [0.2, 0.25) is 0 Å². The lowest BCUT2D eigenvalue weighted by molar-refractivity contribution is -0.143. The Hall–Kier alpha value is -1.36. The molecule has 1 N–H and O–H groups in total. The lowest BCUT2D eigenvalue weighted by Crippen LogP contribution is -2.40. The quantitative estimate of drug-likeness (QED) is 0.886. The van der Waals surface area contributed by atoms with Crippen molar-refractivity contribution in [2.75, 3.05) is 6.54 Å². The minimum absolute atomic E-state index is 0.340. The number of aryl methyl sites for hydroxylation is 1. The van der Waals surface area contributed by atoms with Crippen LogP contribution < -0.4 is 0 Å². The first-order valence-electron chi connectivity index (χ1n) is 7.20. The van der Waals surface area contributed by atoms with Gasteiger partial charge in [0.15, 0.2) is 0 Å². The molecule has 1 aliphatic heterocycles. The molecule has 19 heavy (non-hydrogen) atoms. The van der Waals surface area contributed by atoms with E-state index in [1.807, 2.05) is 10.7 Å². The molecule has 0 bridgehead atoms. The topological polar surface area (TPSA) is 58.4 Å². The number of likely N-dealkylation sites (tertiary alicyclic amines) is 1. The zero-order valence-electron chi connectivity index (χ0n) is 11.6. The first kappa shape index (κ1) is 14.1. The van der Waals surface area contributed by atoms with Crippen LogP contribution in [0.15, 0.2) is 12.3 Å². The molecule has 1 saturated heterocycles. The molecule has 1 aromatic heterocycles. The van der Waals surface area contributed by atoms with Gasteiger partial charge < -0.3 is 5.11 Å². The van der Waals surface area contributed by atoms with E-state index in [0.717, 1.165) is 50.9 Å². The fourth-order valence-corrected chi connectivity index (χ4v) is 2.75. The van der Waals surface area contributed by atoms with E-state index in [9.17, 15) is 9.90 Å². The van der Waals surface area contributed by atoms with E-state index < -0.39 is 5.97 Å². The van der Waals surface area contributed by atoms with Gasteiger partial charge in [-0.05, 0) is 31.9 Å². The van der Waals surface area contributed by atoms with Gasteiger partial charge in [-0.1, -0.05) is 19.8 Å². The van der Waals surface area contributed by atoms with Crippen LogP contribution in [0.3, 0.4) is 0 Å². The molecule has 2 rings (SSSR count). The molecule has 1 unspecified atom stereocenters. The number of nitrogens with zero attached hydrogens (tertiary/aromatic N) is 3. The molecule has 0 radical (unpaired) electrons. The maximum atomic E-state index is 11.4. The third kappa shape index (κ3) is 3.56. The molecule has 2 heterocycles. The largest absolute Gasteiger partial charge is 0.480 e. The van der Waals surface area contributed by atoms with Crippen molar-refractivity contribution in [3.05, 3.63) is 18.0 Å². The van der Waals surface area contributed by atoms with Crippen molar-refractivity contribution in [1.82, 2.24) is 14.7 Å². The van der Waals surface area contributed by atoms with Gasteiger partial charge in [0.25, 0.3) is 0 Å². The Morgan fingerprint density at radius 1 is 1.47 bits per heavy atom. The SMILES string of the molecule is CCCn1nccc1CN1CCCCCC1C(=O)O. The second-order valence-corrected chi connectivity index (χ2v) is 5.22. The van der Waals surface area contributed by atoms with Gasteiger partial charge >= 0.3 is 5.97 Å². The highest BCUT2D eigenvalue weighted by atomic mass is 16.4. The maximum Gasteiger partial charge on any atom is 0.320 e. The highest BCUT2D eigenvalue weighted by molar-refractivity contribution is 5.73. The van der Waals surface area contributed by atoms with E-state index in [-0.39, 0.29) is 6.04 Å². The van der Waals surface area contributed by atoms with Crippen molar-refractivity contribution < 1.29 is 9.90 Å². The molecule has 1 aliphatic rings. The number of hydrogen-bond donors (Lipinski definition) is 1. The van der Waals surface area contributed by atoms with Crippen LogP contribution in [0.4, 0.5) is 0 Å². The predicted octanol–water partition coefficient (Wildman–Crippen LogP) is 2.12. The Morgan fingerprint density at radius 3 is 3.05 bits per heavy atom. The third-order valence-electron chi connectivity index (χ3n) is 3.75. The Balaban J connectivity index is 2.09. The van der Waals surface area contributed by atoms with Crippen molar-refractivity contribution in [1.29, 1.82) is 0 Å². The Kier molecular flexibility index (Phi) is 4.96. The van der Waals surface area contributed by atoms with Crippen LogP contribution in [0.1, 0.15) is 44.7 Å². The second kappa shape index (κ2) is 6.70. The Labute approximate surface area is 114 Å². The molecule has 0 aliphatic carbocycles. The van der Waals surface area contributed by atoms with Gasteiger partial charge in [0.05, 0.1) is 5.69 Å².